The van der Waals surface area contributed by atoms with Crippen LogP contribution in [0.5, 0.6) is 5.75 Å². The van der Waals surface area contributed by atoms with Crippen LogP contribution in [0.4, 0.5) is 5.82 Å². The molecule has 6 nitrogen and oxygen atoms in total. The van der Waals surface area contributed by atoms with Gasteiger partial charge in [0.25, 0.3) is 5.91 Å². The van der Waals surface area contributed by atoms with Crippen molar-refractivity contribution in [2.45, 2.75) is 19.3 Å². The van der Waals surface area contributed by atoms with Crippen molar-refractivity contribution in [2.75, 3.05) is 25.9 Å². The van der Waals surface area contributed by atoms with Crippen LogP contribution in [0.15, 0.2) is 36.7 Å². The Morgan fingerprint density at radius 3 is 2.92 bits per heavy atom. The van der Waals surface area contributed by atoms with E-state index in [0.29, 0.717) is 12.5 Å². The Morgan fingerprint density at radius 1 is 1.33 bits per heavy atom. The summed E-state index contributed by atoms with van der Waals surface area (Å²) in [7, 11) is 1.69. The zero-order valence-corrected chi connectivity index (χ0v) is 13.8. The first-order valence-electron chi connectivity index (χ1n) is 8.16. The van der Waals surface area contributed by atoms with Gasteiger partial charge in [-0.2, -0.15) is 0 Å². The molecule has 6 heteroatoms. The summed E-state index contributed by atoms with van der Waals surface area (Å²) in [6, 6.07) is 8.04. The molecule has 1 atom stereocenters. The lowest BCUT2D eigenvalue weighted by molar-refractivity contribution is 0.0668. The Labute approximate surface area is 141 Å². The molecule has 0 radical (unpaired) electrons. The molecule has 1 aliphatic rings. The van der Waals surface area contributed by atoms with Gasteiger partial charge in [-0.05, 0) is 36.8 Å². The van der Waals surface area contributed by atoms with Gasteiger partial charge in [0.2, 0.25) is 0 Å². The Kier molecular flexibility index (Phi) is 4.93. The first-order valence-corrected chi connectivity index (χ1v) is 8.16. The lowest BCUT2D eigenvalue weighted by Gasteiger charge is -2.33. The number of amides is 1. The molecule has 0 aliphatic carbocycles. The number of ether oxygens (including phenoxy) is 1. The minimum atomic E-state index is -0.134. The topological polar surface area (TPSA) is 81.3 Å². The monoisotopic (exact) mass is 326 g/mol. The van der Waals surface area contributed by atoms with Gasteiger partial charge >= 0.3 is 0 Å². The number of nitrogens with zero attached hydrogens (tertiary/aromatic N) is 3. The fourth-order valence-corrected chi connectivity index (χ4v) is 3.26. The molecule has 0 bridgehead atoms. The standard InChI is InChI=1S/C18H22N4O2/c1-24-15-7-3-2-6-14(15)11-13-5-4-10-22(12-13)18(23)16-17(19)21-9-8-20-16/h2-3,6-9,13H,4-5,10-12H2,1H3,(H2,19,21)/t13-/m1/s1. The maximum absolute atomic E-state index is 12.7. The minimum Gasteiger partial charge on any atom is -0.496 e. The first-order chi connectivity index (χ1) is 11.7. The molecule has 1 aromatic carbocycles. The predicted octanol–water partition coefficient (Wildman–Crippen LogP) is 2.16. The summed E-state index contributed by atoms with van der Waals surface area (Å²) in [6.45, 7) is 1.43. The largest absolute Gasteiger partial charge is 0.496 e. The molecule has 2 N–H and O–H groups in total. The smallest absolute Gasteiger partial charge is 0.276 e. The van der Waals surface area contributed by atoms with E-state index in [1.54, 1.807) is 7.11 Å². The molecule has 0 unspecified atom stereocenters. The number of aromatic nitrogens is 2. The molecule has 1 fully saturated rings. The number of para-hydroxylation sites is 1. The number of carbonyl (C=O) groups excluding carboxylic acids is 1. The SMILES string of the molecule is COc1ccccc1C[C@H]1CCCN(C(=O)c2nccnc2N)C1. The van der Waals surface area contributed by atoms with Gasteiger partial charge in [-0.15, -0.1) is 0 Å². The van der Waals surface area contributed by atoms with Crippen molar-refractivity contribution in [3.05, 3.63) is 47.9 Å². The van der Waals surface area contributed by atoms with Crippen molar-refractivity contribution in [2.24, 2.45) is 5.92 Å². The number of rotatable bonds is 4. The van der Waals surface area contributed by atoms with E-state index in [4.69, 9.17) is 10.5 Å². The van der Waals surface area contributed by atoms with Crippen LogP contribution in [0, 0.1) is 5.92 Å². The Balaban J connectivity index is 1.70. The highest BCUT2D eigenvalue weighted by Gasteiger charge is 2.27. The number of anilines is 1. The van der Waals surface area contributed by atoms with Gasteiger partial charge in [0.1, 0.15) is 5.75 Å². The second kappa shape index (κ2) is 7.29. The molecule has 2 heterocycles. The number of benzene rings is 1. The van der Waals surface area contributed by atoms with Crippen LogP contribution in [0.1, 0.15) is 28.9 Å². The van der Waals surface area contributed by atoms with E-state index in [1.165, 1.54) is 18.0 Å². The molecule has 1 amide bonds. The van der Waals surface area contributed by atoms with Crippen molar-refractivity contribution < 1.29 is 9.53 Å². The number of likely N-dealkylation sites (tertiary alicyclic amines) is 1. The van der Waals surface area contributed by atoms with Crippen molar-refractivity contribution in [3.63, 3.8) is 0 Å². The van der Waals surface area contributed by atoms with Crippen molar-refractivity contribution in [3.8, 4) is 5.75 Å². The highest BCUT2D eigenvalue weighted by Crippen LogP contribution is 2.26. The predicted molar refractivity (Wildman–Crippen MR) is 91.8 cm³/mol. The molecular formula is C18H22N4O2. The molecule has 1 saturated heterocycles. The number of hydrogen-bond acceptors (Lipinski definition) is 5. The lowest BCUT2D eigenvalue weighted by Crippen LogP contribution is -2.41. The zero-order chi connectivity index (χ0) is 16.9. The maximum Gasteiger partial charge on any atom is 0.276 e. The van der Waals surface area contributed by atoms with Gasteiger partial charge in [0.15, 0.2) is 11.5 Å². The third-order valence-corrected chi connectivity index (χ3v) is 4.44. The number of piperidine rings is 1. The summed E-state index contributed by atoms with van der Waals surface area (Å²) < 4.78 is 5.43. The Hall–Kier alpha value is -2.63. The zero-order valence-electron chi connectivity index (χ0n) is 13.8. The van der Waals surface area contributed by atoms with Gasteiger partial charge in [-0.3, -0.25) is 4.79 Å². The highest BCUT2D eigenvalue weighted by atomic mass is 16.5. The van der Waals surface area contributed by atoms with Crippen LogP contribution in [0.3, 0.4) is 0 Å². The Morgan fingerprint density at radius 2 is 2.12 bits per heavy atom. The van der Waals surface area contributed by atoms with Crippen molar-refractivity contribution in [1.82, 2.24) is 14.9 Å². The average Bonchev–Trinajstić information content (AvgIpc) is 2.62. The summed E-state index contributed by atoms with van der Waals surface area (Å²) in [6.07, 6.45) is 5.96. The summed E-state index contributed by atoms with van der Waals surface area (Å²) in [5, 5.41) is 0. The third kappa shape index (κ3) is 3.48. The van der Waals surface area contributed by atoms with Crippen LogP contribution in [-0.4, -0.2) is 41.0 Å². The molecule has 2 aromatic rings. The molecular weight excluding hydrogens is 304 g/mol. The van der Waals surface area contributed by atoms with Crippen LogP contribution >= 0.6 is 0 Å². The van der Waals surface area contributed by atoms with E-state index in [1.807, 2.05) is 23.1 Å². The normalized spacial score (nSPS) is 17.5. The average molecular weight is 326 g/mol. The lowest BCUT2D eigenvalue weighted by atomic mass is 9.90. The first kappa shape index (κ1) is 16.2. The Bertz CT molecular complexity index is 720. The van der Waals surface area contributed by atoms with Crippen LogP contribution in [-0.2, 0) is 6.42 Å². The van der Waals surface area contributed by atoms with E-state index in [0.717, 1.165) is 31.6 Å². The van der Waals surface area contributed by atoms with Gasteiger partial charge < -0.3 is 15.4 Å². The molecule has 126 valence electrons. The quantitative estimate of drug-likeness (QED) is 0.931. The molecule has 3 rings (SSSR count). The van der Waals surface area contributed by atoms with Gasteiger partial charge in [-0.1, -0.05) is 18.2 Å². The number of methoxy groups -OCH3 is 1. The third-order valence-electron chi connectivity index (χ3n) is 4.44. The summed E-state index contributed by atoms with van der Waals surface area (Å²) in [5.41, 5.74) is 7.21. The van der Waals surface area contributed by atoms with E-state index in [2.05, 4.69) is 16.0 Å². The summed E-state index contributed by atoms with van der Waals surface area (Å²) in [4.78, 5) is 22.5. The van der Waals surface area contributed by atoms with Gasteiger partial charge in [0, 0.05) is 25.5 Å². The van der Waals surface area contributed by atoms with Gasteiger partial charge in [0.05, 0.1) is 7.11 Å². The maximum atomic E-state index is 12.7. The van der Waals surface area contributed by atoms with E-state index >= 15 is 0 Å². The van der Waals surface area contributed by atoms with E-state index < -0.39 is 0 Å². The van der Waals surface area contributed by atoms with Crippen LogP contribution in [0.25, 0.3) is 0 Å². The van der Waals surface area contributed by atoms with Gasteiger partial charge in [-0.25, -0.2) is 9.97 Å². The molecule has 1 aliphatic heterocycles. The molecule has 0 saturated carbocycles. The number of nitrogens with two attached hydrogens (primary N) is 1. The number of nitrogen functional groups attached to an aromatic ring is 1. The van der Waals surface area contributed by atoms with E-state index in [9.17, 15) is 4.79 Å². The second-order valence-corrected chi connectivity index (χ2v) is 6.07. The highest BCUT2D eigenvalue weighted by molar-refractivity contribution is 5.96. The van der Waals surface area contributed by atoms with Crippen molar-refractivity contribution >= 4 is 11.7 Å². The fraction of sp³-hybridized carbons (Fsp3) is 0.389. The van der Waals surface area contributed by atoms with Crippen LogP contribution in [0.2, 0.25) is 0 Å². The number of carbonyl (C=O) groups is 1. The van der Waals surface area contributed by atoms with Crippen molar-refractivity contribution in [1.29, 1.82) is 0 Å². The molecule has 0 spiro atoms. The van der Waals surface area contributed by atoms with Crippen LogP contribution < -0.4 is 10.5 Å². The minimum absolute atomic E-state index is 0.134. The number of hydrogen-bond donors (Lipinski definition) is 1. The summed E-state index contributed by atoms with van der Waals surface area (Å²) in [5.74, 6) is 1.36. The second-order valence-electron chi connectivity index (χ2n) is 6.07. The van der Waals surface area contributed by atoms with E-state index in [-0.39, 0.29) is 17.4 Å². The fourth-order valence-electron chi connectivity index (χ4n) is 3.26. The summed E-state index contributed by atoms with van der Waals surface area (Å²) >= 11 is 0. The molecule has 1 aromatic heterocycles. The molecule has 24 heavy (non-hydrogen) atoms.